The van der Waals surface area contributed by atoms with E-state index < -0.39 is 0 Å². The van der Waals surface area contributed by atoms with E-state index in [0.29, 0.717) is 19.0 Å². The van der Waals surface area contributed by atoms with Crippen LogP contribution in [-0.4, -0.2) is 64.7 Å². The number of nitrogens with zero attached hydrogens (tertiary/aromatic N) is 4. The van der Waals surface area contributed by atoms with Gasteiger partial charge < -0.3 is 15.1 Å². The largest absolute Gasteiger partial charge is 0.341 e. The number of urea groups is 1. The van der Waals surface area contributed by atoms with Crippen LogP contribution in [0.5, 0.6) is 0 Å². The third-order valence-corrected chi connectivity index (χ3v) is 6.66. The maximum absolute atomic E-state index is 12.9. The topological polar surface area (TPSA) is 70.5 Å². The lowest BCUT2D eigenvalue weighted by molar-refractivity contribution is 0.0796. The molecule has 1 aromatic carbocycles. The summed E-state index contributed by atoms with van der Waals surface area (Å²) in [5.74, 6) is 0.627. The van der Waals surface area contributed by atoms with Crippen molar-refractivity contribution in [1.29, 1.82) is 0 Å². The first-order valence-corrected chi connectivity index (χ1v) is 11.7. The van der Waals surface area contributed by atoms with Gasteiger partial charge in [0, 0.05) is 51.5 Å². The second-order valence-corrected chi connectivity index (χ2v) is 8.92. The zero-order chi connectivity index (χ0) is 23.3. The molecule has 0 saturated carbocycles. The highest BCUT2D eigenvalue weighted by Gasteiger charge is 2.22. The SMILES string of the molecule is CCNC(=O)N1CCC(Cc2ccc(C(=O)N(C)CCc3c(C)nn(C)c3C)cc2)CC1. The van der Waals surface area contributed by atoms with E-state index >= 15 is 0 Å². The molecule has 2 heterocycles. The summed E-state index contributed by atoms with van der Waals surface area (Å²) in [7, 11) is 3.81. The zero-order valence-corrected chi connectivity index (χ0v) is 20.1. The van der Waals surface area contributed by atoms with Crippen molar-refractivity contribution in [2.75, 3.05) is 33.2 Å². The van der Waals surface area contributed by atoms with E-state index in [-0.39, 0.29) is 11.9 Å². The van der Waals surface area contributed by atoms with Crippen LogP contribution in [-0.2, 0) is 19.9 Å². The number of aromatic nitrogens is 2. The molecule has 7 nitrogen and oxygen atoms in total. The number of likely N-dealkylation sites (tertiary alicyclic amines) is 1. The van der Waals surface area contributed by atoms with Crippen LogP contribution in [0.15, 0.2) is 24.3 Å². The van der Waals surface area contributed by atoms with E-state index in [0.717, 1.165) is 55.7 Å². The summed E-state index contributed by atoms with van der Waals surface area (Å²) < 4.78 is 1.90. The van der Waals surface area contributed by atoms with Crippen molar-refractivity contribution >= 4 is 11.9 Å². The Morgan fingerprint density at radius 2 is 1.81 bits per heavy atom. The van der Waals surface area contributed by atoms with Gasteiger partial charge in [-0.1, -0.05) is 12.1 Å². The van der Waals surface area contributed by atoms with Crippen molar-refractivity contribution in [3.8, 4) is 0 Å². The summed E-state index contributed by atoms with van der Waals surface area (Å²) in [4.78, 5) is 28.5. The predicted octanol–water partition coefficient (Wildman–Crippen LogP) is 3.34. The fraction of sp³-hybridized carbons (Fsp3) is 0.560. The molecular formula is C25H37N5O2. The van der Waals surface area contributed by atoms with Gasteiger partial charge in [0.25, 0.3) is 5.91 Å². The number of benzene rings is 1. The van der Waals surface area contributed by atoms with Gasteiger partial charge >= 0.3 is 6.03 Å². The first-order chi connectivity index (χ1) is 15.3. The van der Waals surface area contributed by atoms with E-state index in [1.807, 2.05) is 49.7 Å². The molecule has 1 aromatic heterocycles. The van der Waals surface area contributed by atoms with Crippen molar-refractivity contribution in [1.82, 2.24) is 24.9 Å². The minimum absolute atomic E-state index is 0.0472. The van der Waals surface area contributed by atoms with Crippen LogP contribution < -0.4 is 5.32 Å². The van der Waals surface area contributed by atoms with E-state index in [9.17, 15) is 9.59 Å². The smallest absolute Gasteiger partial charge is 0.317 e. The lowest BCUT2D eigenvalue weighted by Crippen LogP contribution is -2.44. The number of nitrogens with one attached hydrogen (secondary N) is 1. The second-order valence-electron chi connectivity index (χ2n) is 8.92. The number of carbonyl (C=O) groups is 2. The van der Waals surface area contributed by atoms with E-state index in [2.05, 4.69) is 29.5 Å². The lowest BCUT2D eigenvalue weighted by atomic mass is 9.90. The highest BCUT2D eigenvalue weighted by Crippen LogP contribution is 2.22. The summed E-state index contributed by atoms with van der Waals surface area (Å²) in [6.45, 7) is 8.99. The molecule has 0 radical (unpaired) electrons. The van der Waals surface area contributed by atoms with Gasteiger partial charge in [-0.05, 0) is 75.6 Å². The zero-order valence-electron chi connectivity index (χ0n) is 20.1. The van der Waals surface area contributed by atoms with E-state index in [1.165, 1.54) is 11.1 Å². The summed E-state index contributed by atoms with van der Waals surface area (Å²) in [6.07, 6.45) is 3.84. The Morgan fingerprint density at radius 1 is 1.16 bits per heavy atom. The van der Waals surface area contributed by atoms with Crippen LogP contribution in [0.25, 0.3) is 0 Å². The van der Waals surface area contributed by atoms with Gasteiger partial charge in [0.15, 0.2) is 0 Å². The average Bonchev–Trinajstić information content (AvgIpc) is 3.03. The van der Waals surface area contributed by atoms with Gasteiger partial charge in [-0.15, -0.1) is 0 Å². The number of likely N-dealkylation sites (N-methyl/N-ethyl adjacent to an activating group) is 1. The molecule has 1 aliphatic rings. The molecule has 0 aliphatic carbocycles. The van der Waals surface area contributed by atoms with Crippen LogP contribution in [0, 0.1) is 19.8 Å². The predicted molar refractivity (Wildman–Crippen MR) is 127 cm³/mol. The van der Waals surface area contributed by atoms with E-state index in [4.69, 9.17) is 0 Å². The molecule has 174 valence electrons. The summed E-state index contributed by atoms with van der Waals surface area (Å²) in [6, 6.07) is 8.09. The summed E-state index contributed by atoms with van der Waals surface area (Å²) in [5, 5.41) is 7.34. The molecule has 1 saturated heterocycles. The Kier molecular flexibility index (Phi) is 7.94. The Bertz CT molecular complexity index is 927. The van der Waals surface area contributed by atoms with Crippen molar-refractivity contribution in [3.63, 3.8) is 0 Å². The molecule has 3 rings (SSSR count). The molecule has 3 amide bonds. The van der Waals surface area contributed by atoms with Crippen LogP contribution >= 0.6 is 0 Å². The molecule has 0 atom stereocenters. The average molecular weight is 440 g/mol. The molecule has 0 bridgehead atoms. The van der Waals surface area contributed by atoms with Gasteiger partial charge in [-0.2, -0.15) is 5.10 Å². The first-order valence-electron chi connectivity index (χ1n) is 11.7. The van der Waals surface area contributed by atoms with Crippen molar-refractivity contribution in [2.45, 2.75) is 46.5 Å². The van der Waals surface area contributed by atoms with E-state index in [1.54, 1.807) is 4.90 Å². The Labute approximate surface area is 191 Å². The maximum atomic E-state index is 12.9. The van der Waals surface area contributed by atoms with Crippen LogP contribution in [0.1, 0.15) is 52.6 Å². The Hall–Kier alpha value is -2.83. The number of aryl methyl sites for hydroxylation is 2. The number of hydrogen-bond donors (Lipinski definition) is 1. The molecule has 0 unspecified atom stereocenters. The molecule has 1 fully saturated rings. The van der Waals surface area contributed by atoms with Crippen molar-refractivity contribution in [2.24, 2.45) is 13.0 Å². The standard InChI is InChI=1S/C25H37N5O2/c1-6-26-25(32)30-15-11-21(12-16-30)17-20-7-9-22(10-8-20)24(31)28(4)14-13-23-18(2)27-29(5)19(23)3/h7-10,21H,6,11-17H2,1-5H3,(H,26,32). The first kappa shape index (κ1) is 23.8. The van der Waals surface area contributed by atoms with Crippen molar-refractivity contribution < 1.29 is 9.59 Å². The normalized spacial score (nSPS) is 14.5. The molecule has 1 aliphatic heterocycles. The summed E-state index contributed by atoms with van der Waals surface area (Å²) >= 11 is 0. The second kappa shape index (κ2) is 10.7. The molecule has 0 spiro atoms. The third-order valence-electron chi connectivity index (χ3n) is 6.66. The highest BCUT2D eigenvalue weighted by molar-refractivity contribution is 5.94. The number of amides is 3. The maximum Gasteiger partial charge on any atom is 0.317 e. The Morgan fingerprint density at radius 3 is 2.38 bits per heavy atom. The van der Waals surface area contributed by atoms with Gasteiger partial charge in [0.2, 0.25) is 0 Å². The molecule has 7 heteroatoms. The third kappa shape index (κ3) is 5.69. The minimum Gasteiger partial charge on any atom is -0.341 e. The quantitative estimate of drug-likeness (QED) is 0.719. The fourth-order valence-corrected chi connectivity index (χ4v) is 4.50. The van der Waals surface area contributed by atoms with Crippen LogP contribution in [0.4, 0.5) is 4.79 Å². The highest BCUT2D eigenvalue weighted by atomic mass is 16.2. The number of piperidine rings is 1. The fourth-order valence-electron chi connectivity index (χ4n) is 4.50. The molecular weight excluding hydrogens is 402 g/mol. The number of rotatable bonds is 7. The Balaban J connectivity index is 1.49. The molecule has 32 heavy (non-hydrogen) atoms. The number of carbonyl (C=O) groups excluding carboxylic acids is 2. The summed E-state index contributed by atoms with van der Waals surface area (Å²) in [5.41, 5.74) is 5.39. The van der Waals surface area contributed by atoms with Gasteiger partial charge in [-0.3, -0.25) is 9.48 Å². The van der Waals surface area contributed by atoms with Gasteiger partial charge in [0.1, 0.15) is 0 Å². The van der Waals surface area contributed by atoms with Crippen LogP contribution in [0.2, 0.25) is 0 Å². The van der Waals surface area contributed by atoms with Gasteiger partial charge in [0.05, 0.1) is 5.69 Å². The van der Waals surface area contributed by atoms with Crippen LogP contribution in [0.3, 0.4) is 0 Å². The molecule has 2 aromatic rings. The molecule has 1 N–H and O–H groups in total. The minimum atomic E-state index is 0.0472. The number of hydrogen-bond acceptors (Lipinski definition) is 3. The lowest BCUT2D eigenvalue weighted by Gasteiger charge is -2.32. The van der Waals surface area contributed by atoms with Crippen molar-refractivity contribution in [3.05, 3.63) is 52.3 Å². The monoisotopic (exact) mass is 439 g/mol. The van der Waals surface area contributed by atoms with Gasteiger partial charge in [-0.25, -0.2) is 4.79 Å².